The lowest BCUT2D eigenvalue weighted by Crippen LogP contribution is -2.03. The first-order chi connectivity index (χ1) is 10.4. The summed E-state index contributed by atoms with van der Waals surface area (Å²) in [5, 5.41) is 8.36. The van der Waals surface area contributed by atoms with E-state index in [-0.39, 0.29) is 18.8 Å². The van der Waals surface area contributed by atoms with Crippen molar-refractivity contribution in [3.05, 3.63) is 53.1 Å². The van der Waals surface area contributed by atoms with Gasteiger partial charge in [0.15, 0.2) is 5.78 Å². The van der Waals surface area contributed by atoms with Crippen molar-refractivity contribution in [1.82, 2.24) is 0 Å². The van der Waals surface area contributed by atoms with E-state index in [0.29, 0.717) is 12.0 Å². The molecule has 0 aliphatic carbocycles. The van der Waals surface area contributed by atoms with Gasteiger partial charge in [-0.25, -0.2) is 4.79 Å². The highest BCUT2D eigenvalue weighted by Crippen LogP contribution is 2.14. The number of nitrogens with zero attached hydrogens (tertiary/aromatic N) is 1. The molecule has 0 fully saturated rings. The van der Waals surface area contributed by atoms with E-state index in [2.05, 4.69) is 6.58 Å². The minimum Gasteiger partial charge on any atom is -0.461 e. The molecule has 0 aliphatic rings. The summed E-state index contributed by atoms with van der Waals surface area (Å²) in [6, 6.07) is 7.53. The molecular formula is C18H19NO3. The first kappa shape index (κ1) is 17.4. The normalized spacial score (nSPS) is 10.2. The van der Waals surface area contributed by atoms with Gasteiger partial charge in [0, 0.05) is 12.5 Å². The molecule has 0 unspecified atom stereocenters. The number of Topliss-reactive ketones (excluding diaryl/α,β-unsaturated/α-hetero) is 1. The van der Waals surface area contributed by atoms with Crippen LogP contribution in [0.15, 0.2) is 36.4 Å². The molecule has 4 heteroatoms. The molecule has 1 aromatic rings. The van der Waals surface area contributed by atoms with Crippen LogP contribution >= 0.6 is 0 Å². The second-order valence-electron chi connectivity index (χ2n) is 4.98. The Labute approximate surface area is 130 Å². The van der Waals surface area contributed by atoms with Gasteiger partial charge in [-0.2, -0.15) is 5.26 Å². The SMILES string of the molecule is C=C(C)C(=O)Cc1ccc(/C=C/C(=O)OCCC#N)c(C)c1. The molecular weight excluding hydrogens is 278 g/mol. The van der Waals surface area contributed by atoms with Crippen LogP contribution in [0.5, 0.6) is 0 Å². The van der Waals surface area contributed by atoms with Gasteiger partial charge < -0.3 is 4.74 Å². The molecule has 0 saturated heterocycles. The number of ketones is 1. The summed E-state index contributed by atoms with van der Waals surface area (Å²) in [5.74, 6) is -0.458. The van der Waals surface area contributed by atoms with Gasteiger partial charge in [0.1, 0.15) is 6.61 Å². The average Bonchev–Trinajstić information content (AvgIpc) is 2.46. The molecule has 0 aliphatic heterocycles. The fourth-order valence-corrected chi connectivity index (χ4v) is 1.77. The van der Waals surface area contributed by atoms with E-state index in [1.165, 1.54) is 6.08 Å². The molecule has 0 saturated carbocycles. The molecule has 0 aromatic heterocycles. The van der Waals surface area contributed by atoms with E-state index in [9.17, 15) is 9.59 Å². The summed E-state index contributed by atoms with van der Waals surface area (Å²) in [4.78, 5) is 23.1. The monoisotopic (exact) mass is 297 g/mol. The van der Waals surface area contributed by atoms with Gasteiger partial charge in [-0.1, -0.05) is 24.8 Å². The van der Waals surface area contributed by atoms with Gasteiger partial charge in [-0.05, 0) is 42.2 Å². The number of carbonyl (C=O) groups is 2. The Morgan fingerprint density at radius 2 is 2.14 bits per heavy atom. The summed E-state index contributed by atoms with van der Waals surface area (Å²) < 4.78 is 4.84. The highest BCUT2D eigenvalue weighted by Gasteiger charge is 2.06. The molecule has 0 bridgehead atoms. The third kappa shape index (κ3) is 5.76. The lowest BCUT2D eigenvalue weighted by Gasteiger charge is -2.05. The Balaban J connectivity index is 2.70. The van der Waals surface area contributed by atoms with Gasteiger partial charge in [-0.15, -0.1) is 0 Å². The standard InChI is InChI=1S/C18H19NO3/c1-13(2)17(20)12-15-5-6-16(14(3)11-15)7-8-18(21)22-10-4-9-19/h5-8,11H,1,4,10,12H2,2-3H3/b8-7+. The molecule has 0 N–H and O–H groups in total. The molecule has 22 heavy (non-hydrogen) atoms. The lowest BCUT2D eigenvalue weighted by molar-refractivity contribution is -0.137. The second kappa shape index (κ2) is 8.58. The molecule has 0 amide bonds. The topological polar surface area (TPSA) is 67.2 Å². The molecule has 114 valence electrons. The average molecular weight is 297 g/mol. The Hall–Kier alpha value is -2.67. The van der Waals surface area contributed by atoms with Gasteiger partial charge in [-0.3, -0.25) is 4.79 Å². The molecule has 0 radical (unpaired) electrons. The first-order valence-corrected chi connectivity index (χ1v) is 6.94. The Kier molecular flexibility index (Phi) is 6.78. The van der Waals surface area contributed by atoms with E-state index >= 15 is 0 Å². The maximum Gasteiger partial charge on any atom is 0.330 e. The van der Waals surface area contributed by atoms with Crippen LogP contribution in [0.4, 0.5) is 0 Å². The number of hydrogen-bond acceptors (Lipinski definition) is 4. The third-order valence-electron chi connectivity index (χ3n) is 3.03. The summed E-state index contributed by atoms with van der Waals surface area (Å²) in [7, 11) is 0. The van der Waals surface area contributed by atoms with E-state index in [4.69, 9.17) is 10.00 Å². The molecule has 4 nitrogen and oxygen atoms in total. The summed E-state index contributed by atoms with van der Waals surface area (Å²) >= 11 is 0. The fourth-order valence-electron chi connectivity index (χ4n) is 1.77. The number of rotatable bonds is 7. The maximum absolute atomic E-state index is 11.7. The number of aryl methyl sites for hydroxylation is 1. The molecule has 1 rings (SSSR count). The number of carbonyl (C=O) groups excluding carboxylic acids is 2. The number of benzene rings is 1. The minimum atomic E-state index is -0.476. The Bertz CT molecular complexity index is 651. The molecule has 0 spiro atoms. The third-order valence-corrected chi connectivity index (χ3v) is 3.03. The van der Waals surface area contributed by atoms with Crippen molar-refractivity contribution >= 4 is 17.8 Å². The first-order valence-electron chi connectivity index (χ1n) is 6.94. The summed E-state index contributed by atoms with van der Waals surface area (Å²) in [6.07, 6.45) is 3.51. The van der Waals surface area contributed by atoms with Crippen LogP contribution in [0.1, 0.15) is 30.0 Å². The van der Waals surface area contributed by atoms with Crippen LogP contribution in [0.3, 0.4) is 0 Å². The zero-order chi connectivity index (χ0) is 16.5. The van der Waals surface area contributed by atoms with Gasteiger partial charge in [0.25, 0.3) is 0 Å². The zero-order valence-electron chi connectivity index (χ0n) is 12.9. The van der Waals surface area contributed by atoms with Crippen molar-refractivity contribution in [2.24, 2.45) is 0 Å². The van der Waals surface area contributed by atoms with Crippen molar-refractivity contribution in [2.45, 2.75) is 26.7 Å². The van der Waals surface area contributed by atoms with E-state index in [1.807, 2.05) is 31.2 Å². The molecule has 0 heterocycles. The largest absolute Gasteiger partial charge is 0.461 e. The quantitative estimate of drug-likeness (QED) is 0.440. The highest BCUT2D eigenvalue weighted by molar-refractivity contribution is 5.95. The highest BCUT2D eigenvalue weighted by atomic mass is 16.5. The predicted octanol–water partition coefficient (Wildman–Crippen LogP) is 3.15. The van der Waals surface area contributed by atoms with Crippen LogP contribution in [0, 0.1) is 18.3 Å². The van der Waals surface area contributed by atoms with Crippen molar-refractivity contribution in [3.8, 4) is 6.07 Å². The number of nitriles is 1. The van der Waals surface area contributed by atoms with E-state index in [1.54, 1.807) is 13.0 Å². The minimum absolute atomic E-state index is 0.0174. The van der Waals surface area contributed by atoms with Crippen molar-refractivity contribution < 1.29 is 14.3 Å². The van der Waals surface area contributed by atoms with Crippen molar-refractivity contribution in [2.75, 3.05) is 6.61 Å². The van der Waals surface area contributed by atoms with Crippen molar-refractivity contribution in [3.63, 3.8) is 0 Å². The van der Waals surface area contributed by atoms with Crippen LogP contribution in [0.2, 0.25) is 0 Å². The lowest BCUT2D eigenvalue weighted by atomic mass is 10.00. The fraction of sp³-hybridized carbons (Fsp3) is 0.278. The van der Waals surface area contributed by atoms with Gasteiger partial charge >= 0.3 is 5.97 Å². The van der Waals surface area contributed by atoms with Crippen molar-refractivity contribution in [1.29, 1.82) is 5.26 Å². The summed E-state index contributed by atoms with van der Waals surface area (Å²) in [6.45, 7) is 7.35. The number of ether oxygens (including phenoxy) is 1. The van der Waals surface area contributed by atoms with E-state index < -0.39 is 5.97 Å². The van der Waals surface area contributed by atoms with Gasteiger partial charge in [0.05, 0.1) is 12.5 Å². The van der Waals surface area contributed by atoms with Crippen LogP contribution in [0.25, 0.3) is 6.08 Å². The van der Waals surface area contributed by atoms with Crippen LogP contribution < -0.4 is 0 Å². The van der Waals surface area contributed by atoms with Gasteiger partial charge in [0.2, 0.25) is 0 Å². The molecule has 1 aromatic carbocycles. The Morgan fingerprint density at radius 1 is 1.41 bits per heavy atom. The van der Waals surface area contributed by atoms with Crippen LogP contribution in [-0.4, -0.2) is 18.4 Å². The number of allylic oxidation sites excluding steroid dienone is 1. The smallest absolute Gasteiger partial charge is 0.330 e. The maximum atomic E-state index is 11.7. The number of esters is 1. The zero-order valence-corrected chi connectivity index (χ0v) is 12.9. The van der Waals surface area contributed by atoms with E-state index in [0.717, 1.165) is 16.7 Å². The summed E-state index contributed by atoms with van der Waals surface area (Å²) in [5.41, 5.74) is 3.30. The van der Waals surface area contributed by atoms with Crippen LogP contribution in [-0.2, 0) is 20.7 Å². The second-order valence-corrected chi connectivity index (χ2v) is 4.98. The molecule has 0 atom stereocenters. The predicted molar refractivity (Wildman–Crippen MR) is 84.9 cm³/mol. The Morgan fingerprint density at radius 3 is 2.73 bits per heavy atom. The number of hydrogen-bond donors (Lipinski definition) is 0.